The number of likely N-dealkylation sites (tertiary alicyclic amines) is 3. The summed E-state index contributed by atoms with van der Waals surface area (Å²) in [4.78, 5) is 6.93. The zero-order chi connectivity index (χ0) is 22.6. The molecular weight excluding hydrogens is 384 g/mol. The fourth-order valence-corrected chi connectivity index (χ4v) is 5.13. The van der Waals surface area contributed by atoms with Gasteiger partial charge in [0.05, 0.1) is 6.61 Å². The first-order valence-electron chi connectivity index (χ1n) is 12.6. The first kappa shape index (κ1) is 27.7. The molecular formula is C24H49F2N3O. The number of piperidine rings is 3. The zero-order valence-electron chi connectivity index (χ0n) is 20.4. The van der Waals surface area contributed by atoms with E-state index in [0.717, 1.165) is 25.6 Å². The maximum atomic E-state index is 15.0. The lowest BCUT2D eigenvalue weighted by Gasteiger charge is -2.43. The molecule has 3 heterocycles. The second-order valence-corrected chi connectivity index (χ2v) is 8.84. The van der Waals surface area contributed by atoms with Crippen LogP contribution in [0.3, 0.4) is 0 Å². The average Bonchev–Trinajstić information content (AvgIpc) is 2.79. The Labute approximate surface area is 185 Å². The van der Waals surface area contributed by atoms with Crippen LogP contribution in [0.4, 0.5) is 8.78 Å². The van der Waals surface area contributed by atoms with Crippen LogP contribution in [-0.2, 0) is 0 Å². The summed E-state index contributed by atoms with van der Waals surface area (Å²) < 4.78 is 30.1. The Morgan fingerprint density at radius 1 is 0.733 bits per heavy atom. The van der Waals surface area contributed by atoms with E-state index in [0.29, 0.717) is 45.3 Å². The van der Waals surface area contributed by atoms with E-state index in [2.05, 4.69) is 21.7 Å². The molecule has 0 spiro atoms. The van der Waals surface area contributed by atoms with Crippen molar-refractivity contribution in [1.29, 1.82) is 0 Å². The quantitative estimate of drug-likeness (QED) is 0.671. The van der Waals surface area contributed by atoms with Gasteiger partial charge in [-0.1, -0.05) is 27.7 Å². The van der Waals surface area contributed by atoms with Gasteiger partial charge in [-0.2, -0.15) is 0 Å². The van der Waals surface area contributed by atoms with Crippen LogP contribution in [-0.4, -0.2) is 91.7 Å². The van der Waals surface area contributed by atoms with Crippen molar-refractivity contribution in [2.24, 2.45) is 17.8 Å². The van der Waals surface area contributed by atoms with Crippen LogP contribution in [0.1, 0.15) is 66.2 Å². The summed E-state index contributed by atoms with van der Waals surface area (Å²) in [5.41, 5.74) is 0. The fourth-order valence-electron chi connectivity index (χ4n) is 5.13. The number of β-amino-alcohol motifs (C(OH)–C–C–N with tert-alkyl or cyclic N) is 1. The molecule has 0 bridgehead atoms. The number of aliphatic hydroxyl groups is 1. The predicted octanol–water partition coefficient (Wildman–Crippen LogP) is 4.43. The van der Waals surface area contributed by atoms with Crippen LogP contribution in [0.5, 0.6) is 0 Å². The van der Waals surface area contributed by atoms with Gasteiger partial charge in [0.25, 0.3) is 5.92 Å². The fraction of sp³-hybridized carbons (Fsp3) is 1.00. The van der Waals surface area contributed by atoms with E-state index in [9.17, 15) is 0 Å². The van der Waals surface area contributed by atoms with E-state index in [1.807, 2.05) is 27.7 Å². The number of halogens is 2. The van der Waals surface area contributed by atoms with Gasteiger partial charge >= 0.3 is 0 Å². The molecule has 3 saturated heterocycles. The molecule has 180 valence electrons. The molecule has 0 saturated carbocycles. The maximum absolute atomic E-state index is 15.0. The van der Waals surface area contributed by atoms with Crippen molar-refractivity contribution in [2.75, 3.05) is 66.0 Å². The first-order valence-corrected chi connectivity index (χ1v) is 12.6. The van der Waals surface area contributed by atoms with Crippen LogP contribution in [0.15, 0.2) is 0 Å². The summed E-state index contributed by atoms with van der Waals surface area (Å²) >= 11 is 0. The minimum Gasteiger partial charge on any atom is -0.395 e. The maximum Gasteiger partial charge on any atom is 0.253 e. The van der Waals surface area contributed by atoms with Crippen molar-refractivity contribution in [3.8, 4) is 0 Å². The van der Waals surface area contributed by atoms with E-state index in [-0.39, 0.29) is 6.61 Å². The molecule has 3 aliphatic heterocycles. The normalized spacial score (nSPS) is 24.0. The first-order chi connectivity index (χ1) is 14.5. The Morgan fingerprint density at radius 3 is 1.60 bits per heavy atom. The molecule has 3 aliphatic rings. The molecule has 1 N–H and O–H groups in total. The monoisotopic (exact) mass is 433 g/mol. The van der Waals surface area contributed by atoms with Crippen molar-refractivity contribution in [2.45, 2.75) is 72.1 Å². The van der Waals surface area contributed by atoms with Gasteiger partial charge in [-0.05, 0) is 90.8 Å². The molecule has 4 nitrogen and oxygen atoms in total. The van der Waals surface area contributed by atoms with E-state index >= 15 is 8.78 Å². The Kier molecular flexibility index (Phi) is 13.6. The van der Waals surface area contributed by atoms with Gasteiger partial charge in [0.15, 0.2) is 0 Å². The molecule has 0 aromatic carbocycles. The van der Waals surface area contributed by atoms with Crippen molar-refractivity contribution in [3.05, 3.63) is 0 Å². The highest BCUT2D eigenvalue weighted by Gasteiger charge is 2.48. The summed E-state index contributed by atoms with van der Waals surface area (Å²) in [6.07, 6.45) is 4.94. The molecule has 0 amide bonds. The number of alkyl halides is 2. The third-order valence-electron chi connectivity index (χ3n) is 7.03. The van der Waals surface area contributed by atoms with Gasteiger partial charge in [-0.3, -0.25) is 0 Å². The van der Waals surface area contributed by atoms with Crippen LogP contribution >= 0.6 is 0 Å². The number of nitrogens with zero attached hydrogens (tertiary/aromatic N) is 3. The summed E-state index contributed by atoms with van der Waals surface area (Å²) in [7, 11) is 2.18. The minimum atomic E-state index is -2.52. The highest BCUT2D eigenvalue weighted by Crippen LogP contribution is 2.43. The van der Waals surface area contributed by atoms with E-state index < -0.39 is 17.8 Å². The molecule has 0 aliphatic carbocycles. The smallest absolute Gasteiger partial charge is 0.253 e. The van der Waals surface area contributed by atoms with Gasteiger partial charge < -0.3 is 19.8 Å². The lowest BCUT2D eigenvalue weighted by atomic mass is 9.79. The molecule has 0 unspecified atom stereocenters. The van der Waals surface area contributed by atoms with Crippen LogP contribution in [0, 0.1) is 17.8 Å². The standard InChI is InChI=1S/C20H37F2N3O.2C2H6/c1-23-8-2-17(3-9-23)16-25-12-6-19(7-13-25)20(21,22)18-4-10-24(11-5-18)14-15-26;2*1-2/h17-19,26H,2-16H2,1H3;2*1-2H3. The topological polar surface area (TPSA) is 30.0 Å². The SMILES string of the molecule is CC.CC.CN1CCC(CN2CCC(C(F)(F)C3CCN(CCO)CC3)CC2)CC1. The second kappa shape index (κ2) is 14.7. The van der Waals surface area contributed by atoms with Crippen LogP contribution < -0.4 is 0 Å². The molecule has 0 aromatic rings. The average molecular weight is 434 g/mol. The van der Waals surface area contributed by atoms with Crippen LogP contribution in [0.2, 0.25) is 0 Å². The molecule has 0 atom stereocenters. The molecule has 0 aromatic heterocycles. The van der Waals surface area contributed by atoms with Crippen LogP contribution in [0.25, 0.3) is 0 Å². The van der Waals surface area contributed by atoms with Crippen molar-refractivity contribution >= 4 is 0 Å². The minimum absolute atomic E-state index is 0.122. The molecule has 3 rings (SSSR count). The Bertz CT molecular complexity index is 415. The predicted molar refractivity (Wildman–Crippen MR) is 123 cm³/mol. The molecule has 30 heavy (non-hydrogen) atoms. The second-order valence-electron chi connectivity index (χ2n) is 8.84. The zero-order valence-corrected chi connectivity index (χ0v) is 20.4. The molecule has 6 heteroatoms. The summed E-state index contributed by atoms with van der Waals surface area (Å²) in [6.45, 7) is 15.3. The van der Waals surface area contributed by atoms with Crippen molar-refractivity contribution < 1.29 is 13.9 Å². The highest BCUT2D eigenvalue weighted by atomic mass is 19.3. The number of aliphatic hydroxyl groups excluding tert-OH is 1. The van der Waals surface area contributed by atoms with Gasteiger partial charge in [0, 0.05) is 24.9 Å². The lowest BCUT2D eigenvalue weighted by molar-refractivity contribution is -0.137. The van der Waals surface area contributed by atoms with E-state index in [4.69, 9.17) is 5.11 Å². The number of rotatable bonds is 6. The van der Waals surface area contributed by atoms with Gasteiger partial charge in [-0.15, -0.1) is 0 Å². The van der Waals surface area contributed by atoms with Crippen molar-refractivity contribution in [3.63, 3.8) is 0 Å². The molecule has 3 fully saturated rings. The third-order valence-corrected chi connectivity index (χ3v) is 7.03. The Hall–Kier alpha value is -0.300. The van der Waals surface area contributed by atoms with E-state index in [1.54, 1.807) is 0 Å². The summed E-state index contributed by atoms with van der Waals surface area (Å²) in [5.74, 6) is -2.68. The third kappa shape index (κ3) is 8.33. The number of hydrogen-bond donors (Lipinski definition) is 1. The van der Waals surface area contributed by atoms with Gasteiger partial charge in [-0.25, -0.2) is 8.78 Å². The summed E-state index contributed by atoms with van der Waals surface area (Å²) in [5, 5.41) is 9.01. The van der Waals surface area contributed by atoms with Gasteiger partial charge in [0.2, 0.25) is 0 Å². The lowest BCUT2D eigenvalue weighted by Crippen LogP contribution is -2.49. The largest absolute Gasteiger partial charge is 0.395 e. The molecule has 0 radical (unpaired) electrons. The number of hydrogen-bond acceptors (Lipinski definition) is 4. The Balaban J connectivity index is 0.00000106. The Morgan fingerprint density at radius 2 is 1.17 bits per heavy atom. The highest BCUT2D eigenvalue weighted by molar-refractivity contribution is 4.91. The summed E-state index contributed by atoms with van der Waals surface area (Å²) in [6, 6.07) is 0. The van der Waals surface area contributed by atoms with Crippen molar-refractivity contribution in [1.82, 2.24) is 14.7 Å². The van der Waals surface area contributed by atoms with Gasteiger partial charge in [0.1, 0.15) is 0 Å². The van der Waals surface area contributed by atoms with E-state index in [1.165, 1.54) is 25.9 Å².